The van der Waals surface area contributed by atoms with Crippen molar-refractivity contribution in [2.24, 2.45) is 11.8 Å². The van der Waals surface area contributed by atoms with E-state index < -0.39 is 30.4 Å². The van der Waals surface area contributed by atoms with Crippen LogP contribution >= 0.6 is 0 Å². The Morgan fingerprint density at radius 1 is 0.800 bits per heavy atom. The van der Waals surface area contributed by atoms with Gasteiger partial charge in [-0.3, -0.25) is 9.59 Å². The van der Waals surface area contributed by atoms with Crippen LogP contribution in [0.1, 0.15) is 84.0 Å². The third-order valence-electron chi connectivity index (χ3n) is 12.5. The number of fused-ring (bicyclic) bond motifs is 5. The van der Waals surface area contributed by atoms with Crippen LogP contribution in [0, 0.1) is 11.8 Å². The van der Waals surface area contributed by atoms with Gasteiger partial charge in [-0.05, 0) is 85.1 Å². The van der Waals surface area contributed by atoms with Gasteiger partial charge in [0.1, 0.15) is 23.7 Å². The van der Waals surface area contributed by atoms with Gasteiger partial charge >= 0.3 is 12.2 Å². The van der Waals surface area contributed by atoms with Gasteiger partial charge in [-0.25, -0.2) is 19.6 Å². The van der Waals surface area contributed by atoms with E-state index in [0.717, 1.165) is 87.9 Å². The summed E-state index contributed by atoms with van der Waals surface area (Å²) in [7, 11) is 4.09. The second-order valence-electron chi connectivity index (χ2n) is 16.3. The van der Waals surface area contributed by atoms with Gasteiger partial charge in [-0.2, -0.15) is 0 Å². The summed E-state index contributed by atoms with van der Waals surface area (Å²) in [6.45, 7) is 6.16. The summed E-state index contributed by atoms with van der Waals surface area (Å²) in [5.74, 6) is 1.28. The maximum Gasteiger partial charge on any atom is 0.407 e. The van der Waals surface area contributed by atoms with Crippen molar-refractivity contribution in [3.63, 3.8) is 0 Å². The highest BCUT2D eigenvalue weighted by Crippen LogP contribution is 2.50. The number of methoxy groups -OCH3 is 3. The van der Waals surface area contributed by atoms with Crippen LogP contribution in [-0.4, -0.2) is 106 Å². The number of H-pyrrole nitrogens is 2. The van der Waals surface area contributed by atoms with Crippen molar-refractivity contribution in [1.29, 1.82) is 0 Å². The number of piperidine rings is 1. The number of aromatic nitrogens is 4. The number of hydrogen-bond acceptors (Lipinski definition) is 9. The molecule has 4 amide bonds. The number of nitrogens with one attached hydrogen (secondary N) is 4. The van der Waals surface area contributed by atoms with Crippen molar-refractivity contribution in [2.45, 2.75) is 96.6 Å². The molecular weight excluding hydrogens is 765 g/mol. The Balaban J connectivity index is 0.00000544. The zero-order chi connectivity index (χ0) is 41.5. The summed E-state index contributed by atoms with van der Waals surface area (Å²) in [5, 5.41) is 7.45. The lowest BCUT2D eigenvalue weighted by atomic mass is 9.97. The average molecular weight is 821 g/mol. The average Bonchev–Trinajstić information content (AvgIpc) is 4.11. The molecule has 1 aliphatic carbocycles. The number of carbonyl (C=O) groups excluding carboxylic acids is 4. The molecule has 7 atom stereocenters. The highest BCUT2D eigenvalue weighted by Gasteiger charge is 2.52. The van der Waals surface area contributed by atoms with Gasteiger partial charge in [0.05, 0.1) is 55.3 Å². The fraction of sp³-hybridized carbons (Fsp3) is 0.467. The van der Waals surface area contributed by atoms with Crippen molar-refractivity contribution in [2.75, 3.05) is 27.9 Å². The van der Waals surface area contributed by atoms with Crippen LogP contribution in [0.3, 0.4) is 0 Å². The summed E-state index contributed by atoms with van der Waals surface area (Å²) in [4.78, 5) is 72.5. The Hall–Kier alpha value is -5.96. The Morgan fingerprint density at radius 3 is 2.20 bits per heavy atom. The van der Waals surface area contributed by atoms with Crippen molar-refractivity contribution in [3.8, 4) is 22.4 Å². The number of carbonyl (C=O) groups is 4. The van der Waals surface area contributed by atoms with E-state index in [1.54, 1.807) is 13.1 Å². The summed E-state index contributed by atoms with van der Waals surface area (Å²) < 4.78 is 15.1. The molecule has 0 spiro atoms. The first kappa shape index (κ1) is 42.2. The maximum atomic E-state index is 14.1. The fourth-order valence-corrected chi connectivity index (χ4v) is 9.35. The summed E-state index contributed by atoms with van der Waals surface area (Å²) >= 11 is 0. The van der Waals surface area contributed by atoms with Gasteiger partial charge in [0.2, 0.25) is 11.8 Å². The Labute approximate surface area is 349 Å². The number of nitrogens with zero attached hydrogens (tertiary/aromatic N) is 4. The molecule has 2 aromatic heterocycles. The molecule has 4 heterocycles. The minimum atomic E-state index is -0.897. The van der Waals surface area contributed by atoms with E-state index in [9.17, 15) is 19.2 Å². The summed E-state index contributed by atoms with van der Waals surface area (Å²) in [6, 6.07) is 16.8. The third-order valence-corrected chi connectivity index (χ3v) is 12.5. The topological polar surface area (TPSA) is 184 Å². The number of hydrogen-bond donors (Lipinski definition) is 4. The molecule has 0 radical (unpaired) electrons. The third kappa shape index (κ3) is 7.78. The standard InChI is InChI=1S/C44H52N8O7.CH4/c1-23(2)35(49-43(55)58-5)41(53)51-19-7-8-34(51)39-45-22-33(47-39)26-11-9-25(10-12-26)27-14-17-31-28(20-27)15-18-32-37(31)48-40(46-32)38-29-13-16-30(21-29)52(38)42(54)36(24(3)57-4)50-44(56)59-6;/h9-12,14-15,17-18,20,22-24,29-30,34-36,38H,7-8,13,16,19,21H2,1-6H3,(H,45,47)(H,46,48)(H,49,55)(H,50,56);1H4/t24-,29+,30-,34+,35?,36?,38+;/m1./s1. The van der Waals surface area contributed by atoms with E-state index in [0.29, 0.717) is 6.54 Å². The molecular formula is C45H56N8O7. The molecule has 15 heteroatoms. The normalized spacial score (nSPS) is 21.2. The van der Waals surface area contributed by atoms with Crippen LogP contribution in [0.2, 0.25) is 0 Å². The SMILES string of the molecule is C.COC(=O)NC(C(=O)N1CCC[C@H]1c1ncc(-c2ccc(-c3ccc4c(ccc5[nH]c([C@@H]6[C@H]7CC[C@H](C7)N6C(=O)C(NC(=O)OC)[C@@H](C)OC)nc54)c3)cc2)[nH]1)C(C)C. The zero-order valence-corrected chi connectivity index (χ0v) is 34.3. The molecule has 2 aliphatic heterocycles. The number of rotatable bonds is 11. The number of amides is 4. The molecule has 2 saturated heterocycles. The summed E-state index contributed by atoms with van der Waals surface area (Å²) in [6.07, 6.45) is 4.37. The first-order valence-corrected chi connectivity index (χ1v) is 20.4. The smallest absolute Gasteiger partial charge is 0.407 e. The first-order valence-electron chi connectivity index (χ1n) is 20.4. The van der Waals surface area contributed by atoms with E-state index in [-0.39, 0.29) is 49.2 Å². The molecule has 60 heavy (non-hydrogen) atoms. The molecule has 15 nitrogen and oxygen atoms in total. The molecule has 318 valence electrons. The van der Waals surface area contributed by atoms with Gasteiger partial charge in [-0.1, -0.05) is 63.7 Å². The van der Waals surface area contributed by atoms with Gasteiger partial charge in [-0.15, -0.1) is 0 Å². The molecule has 3 aromatic carbocycles. The van der Waals surface area contributed by atoms with Crippen LogP contribution < -0.4 is 10.6 Å². The lowest BCUT2D eigenvalue weighted by molar-refractivity contribution is -0.141. The fourth-order valence-electron chi connectivity index (χ4n) is 9.35. The van der Waals surface area contributed by atoms with Crippen molar-refractivity contribution in [1.82, 2.24) is 40.4 Å². The minimum Gasteiger partial charge on any atom is -0.453 e. The number of benzene rings is 3. The van der Waals surface area contributed by atoms with Gasteiger partial charge < -0.3 is 44.6 Å². The first-order chi connectivity index (χ1) is 28.5. The van der Waals surface area contributed by atoms with Crippen molar-refractivity contribution >= 4 is 45.8 Å². The molecule has 1 saturated carbocycles. The lowest BCUT2D eigenvalue weighted by Gasteiger charge is -2.37. The maximum absolute atomic E-state index is 14.1. The number of imidazole rings is 2. The van der Waals surface area contributed by atoms with Gasteiger partial charge in [0.15, 0.2) is 0 Å². The van der Waals surface area contributed by atoms with Gasteiger partial charge in [0.25, 0.3) is 0 Å². The van der Waals surface area contributed by atoms with Crippen molar-refractivity contribution in [3.05, 3.63) is 72.4 Å². The van der Waals surface area contributed by atoms with E-state index >= 15 is 0 Å². The monoisotopic (exact) mass is 820 g/mol. The minimum absolute atomic E-state index is 0. The highest BCUT2D eigenvalue weighted by atomic mass is 16.5. The predicted molar refractivity (Wildman–Crippen MR) is 228 cm³/mol. The number of alkyl carbamates (subject to hydrolysis) is 2. The Kier molecular flexibility index (Phi) is 12.2. The Morgan fingerprint density at radius 2 is 1.50 bits per heavy atom. The molecule has 2 bridgehead atoms. The lowest BCUT2D eigenvalue weighted by Crippen LogP contribution is -2.56. The van der Waals surface area contributed by atoms with Crippen LogP contribution in [0.5, 0.6) is 0 Å². The number of ether oxygens (including phenoxy) is 3. The second kappa shape index (κ2) is 17.3. The van der Waals surface area contributed by atoms with Crippen LogP contribution in [-0.2, 0) is 23.8 Å². The van der Waals surface area contributed by atoms with E-state index in [2.05, 4.69) is 69.1 Å². The van der Waals surface area contributed by atoms with Crippen LogP contribution in [0.4, 0.5) is 9.59 Å². The zero-order valence-electron chi connectivity index (χ0n) is 34.3. The quantitative estimate of drug-likeness (QED) is 0.107. The molecule has 2 unspecified atom stereocenters. The van der Waals surface area contributed by atoms with Crippen LogP contribution in [0.25, 0.3) is 44.2 Å². The molecule has 8 rings (SSSR count). The second-order valence-corrected chi connectivity index (χ2v) is 16.3. The van der Waals surface area contributed by atoms with Gasteiger partial charge in [0, 0.05) is 25.1 Å². The Bertz CT molecular complexity index is 2370. The van der Waals surface area contributed by atoms with E-state index in [4.69, 9.17) is 24.2 Å². The van der Waals surface area contributed by atoms with E-state index in [1.165, 1.54) is 21.3 Å². The number of likely N-dealkylation sites (tertiary alicyclic amines) is 2. The largest absolute Gasteiger partial charge is 0.453 e. The van der Waals surface area contributed by atoms with Crippen LogP contribution in [0.15, 0.2) is 60.8 Å². The molecule has 4 N–H and O–H groups in total. The van der Waals surface area contributed by atoms with Crippen molar-refractivity contribution < 1.29 is 33.4 Å². The molecule has 3 aliphatic rings. The summed E-state index contributed by atoms with van der Waals surface area (Å²) in [5.41, 5.74) is 5.69. The number of aromatic amines is 2. The predicted octanol–water partition coefficient (Wildman–Crippen LogP) is 7.26. The molecule has 3 fully saturated rings. The molecule has 5 aromatic rings. The highest BCUT2D eigenvalue weighted by molar-refractivity contribution is 6.05. The van der Waals surface area contributed by atoms with E-state index in [1.807, 2.05) is 29.7 Å².